The highest BCUT2D eigenvalue weighted by molar-refractivity contribution is 5.21. The summed E-state index contributed by atoms with van der Waals surface area (Å²) in [5, 5.41) is 0. The number of rotatable bonds is 29. The van der Waals surface area contributed by atoms with Gasteiger partial charge in [-0.2, -0.15) is 0 Å². The van der Waals surface area contributed by atoms with Crippen LogP contribution in [0.4, 0.5) is 0 Å². The molecule has 0 aromatic heterocycles. The molecule has 0 unspecified atom stereocenters. The van der Waals surface area contributed by atoms with Gasteiger partial charge in [0.1, 0.15) is 11.5 Å². The van der Waals surface area contributed by atoms with E-state index in [9.17, 15) is 0 Å². The topological polar surface area (TPSA) is 18.5 Å². The fraction of sp³-hybridized carbons (Fsp3) is 0.684. The van der Waals surface area contributed by atoms with E-state index in [-0.39, 0.29) is 0 Å². The molecule has 226 valence electrons. The maximum atomic E-state index is 5.77. The summed E-state index contributed by atoms with van der Waals surface area (Å²) < 4.78 is 11.5. The molecule has 0 heterocycles. The molecule has 0 N–H and O–H groups in total. The molecule has 0 aliphatic carbocycles. The fourth-order valence-corrected chi connectivity index (χ4v) is 5.51. The molecule has 2 heteroatoms. The Balaban J connectivity index is 1.16. The molecule has 0 radical (unpaired) electrons. The van der Waals surface area contributed by atoms with Crippen molar-refractivity contribution in [3.63, 3.8) is 0 Å². The summed E-state index contributed by atoms with van der Waals surface area (Å²) in [6.07, 6.45) is 33.7. The molecule has 0 aliphatic rings. The number of hydrogen-bond donors (Lipinski definition) is 0. The van der Waals surface area contributed by atoms with Crippen molar-refractivity contribution in [2.45, 2.75) is 154 Å². The first-order chi connectivity index (χ1) is 19.9. The van der Waals surface area contributed by atoms with Crippen LogP contribution in [0.5, 0.6) is 11.5 Å². The van der Waals surface area contributed by atoms with Gasteiger partial charge in [-0.3, -0.25) is 0 Å². The second-order valence-electron chi connectivity index (χ2n) is 11.8. The van der Waals surface area contributed by atoms with Crippen LogP contribution in [0.15, 0.2) is 60.7 Å². The second-order valence-corrected chi connectivity index (χ2v) is 11.8. The fourth-order valence-electron chi connectivity index (χ4n) is 5.51. The zero-order chi connectivity index (χ0) is 28.0. The van der Waals surface area contributed by atoms with E-state index in [0.717, 1.165) is 24.7 Å². The third-order valence-corrected chi connectivity index (χ3v) is 8.06. The molecular formula is C38H62O2. The number of ether oxygens (including phenoxy) is 2. The monoisotopic (exact) mass is 550 g/mol. The van der Waals surface area contributed by atoms with Gasteiger partial charge in [0.2, 0.25) is 0 Å². The Bertz CT molecular complexity index is 679. The van der Waals surface area contributed by atoms with Gasteiger partial charge in [0.05, 0.1) is 13.2 Å². The number of unbranched alkanes of at least 4 members (excludes halogenated alkanes) is 23. The quantitative estimate of drug-likeness (QED) is 0.0938. The van der Waals surface area contributed by atoms with E-state index >= 15 is 0 Å². The Morgan fingerprint density at radius 3 is 0.675 bits per heavy atom. The van der Waals surface area contributed by atoms with Crippen molar-refractivity contribution in [1.82, 2.24) is 0 Å². The van der Waals surface area contributed by atoms with Crippen molar-refractivity contribution < 1.29 is 9.47 Å². The van der Waals surface area contributed by atoms with Crippen molar-refractivity contribution in [2.75, 3.05) is 13.2 Å². The molecule has 2 aromatic carbocycles. The summed E-state index contributed by atoms with van der Waals surface area (Å²) in [6, 6.07) is 20.4. The lowest BCUT2D eigenvalue weighted by molar-refractivity contribution is 0.304. The van der Waals surface area contributed by atoms with Gasteiger partial charge in [0.15, 0.2) is 0 Å². The first-order valence-electron chi connectivity index (χ1n) is 17.3. The first-order valence-corrected chi connectivity index (χ1v) is 17.3. The molecule has 0 spiro atoms. The summed E-state index contributed by atoms with van der Waals surface area (Å²) in [5.41, 5.74) is 0. The van der Waals surface area contributed by atoms with Gasteiger partial charge in [0.25, 0.3) is 0 Å². The van der Waals surface area contributed by atoms with Gasteiger partial charge >= 0.3 is 0 Å². The van der Waals surface area contributed by atoms with Gasteiger partial charge < -0.3 is 9.47 Å². The Kier molecular flexibility index (Phi) is 23.3. The summed E-state index contributed by atoms with van der Waals surface area (Å²) in [7, 11) is 0. The van der Waals surface area contributed by atoms with Gasteiger partial charge in [-0.05, 0) is 37.1 Å². The van der Waals surface area contributed by atoms with Crippen LogP contribution in [0, 0.1) is 0 Å². The van der Waals surface area contributed by atoms with Crippen molar-refractivity contribution in [1.29, 1.82) is 0 Å². The van der Waals surface area contributed by atoms with Gasteiger partial charge in [-0.25, -0.2) is 0 Å². The molecular weight excluding hydrogens is 488 g/mol. The zero-order valence-corrected chi connectivity index (χ0v) is 26.0. The summed E-state index contributed by atoms with van der Waals surface area (Å²) in [6.45, 7) is 1.72. The Morgan fingerprint density at radius 1 is 0.250 bits per heavy atom. The van der Waals surface area contributed by atoms with Crippen LogP contribution in [-0.4, -0.2) is 13.2 Å². The van der Waals surface area contributed by atoms with E-state index in [0.29, 0.717) is 0 Å². The molecule has 2 rings (SSSR count). The van der Waals surface area contributed by atoms with Crippen LogP contribution in [0.1, 0.15) is 154 Å². The second kappa shape index (κ2) is 27.2. The van der Waals surface area contributed by atoms with Crippen LogP contribution in [0.3, 0.4) is 0 Å². The maximum Gasteiger partial charge on any atom is 0.119 e. The summed E-state index contributed by atoms with van der Waals surface area (Å²) in [4.78, 5) is 0. The summed E-state index contributed by atoms with van der Waals surface area (Å²) in [5.74, 6) is 2.01. The van der Waals surface area contributed by atoms with E-state index in [1.165, 1.54) is 154 Å². The molecule has 40 heavy (non-hydrogen) atoms. The highest BCUT2D eigenvalue weighted by Crippen LogP contribution is 2.16. The molecule has 0 saturated carbocycles. The van der Waals surface area contributed by atoms with E-state index in [4.69, 9.17) is 9.47 Å². The van der Waals surface area contributed by atoms with E-state index < -0.39 is 0 Å². The van der Waals surface area contributed by atoms with Crippen LogP contribution in [0.25, 0.3) is 0 Å². The molecule has 2 nitrogen and oxygen atoms in total. The molecule has 0 saturated heterocycles. The minimum Gasteiger partial charge on any atom is -0.494 e. The van der Waals surface area contributed by atoms with Crippen molar-refractivity contribution in [2.24, 2.45) is 0 Å². The predicted molar refractivity (Wildman–Crippen MR) is 175 cm³/mol. The highest BCUT2D eigenvalue weighted by atomic mass is 16.5. The SMILES string of the molecule is c1ccc(OCCCCCCCCCCCCCCCCCCCCCCCCCCOc2ccccc2)cc1. The third-order valence-electron chi connectivity index (χ3n) is 8.06. The van der Waals surface area contributed by atoms with Gasteiger partial charge in [0, 0.05) is 0 Å². The average molecular weight is 551 g/mol. The van der Waals surface area contributed by atoms with Crippen molar-refractivity contribution in [3.8, 4) is 11.5 Å². The van der Waals surface area contributed by atoms with E-state index in [1.807, 2.05) is 60.7 Å². The van der Waals surface area contributed by atoms with Gasteiger partial charge in [-0.1, -0.05) is 178 Å². The molecule has 0 fully saturated rings. The van der Waals surface area contributed by atoms with Crippen LogP contribution >= 0.6 is 0 Å². The Morgan fingerprint density at radius 2 is 0.450 bits per heavy atom. The van der Waals surface area contributed by atoms with Crippen LogP contribution < -0.4 is 9.47 Å². The zero-order valence-electron chi connectivity index (χ0n) is 26.0. The standard InChI is InChI=1S/C38H62O2/c1(3-5-7-9-11-13-15-17-19-21-29-35-39-37-31-25-23-26-32-37)2-4-6-8-10-12-14-16-18-20-22-30-36-40-38-33-27-24-28-34-38/h23-28,31-34H,1-22,29-30,35-36H2. The predicted octanol–water partition coefficient (Wildman–Crippen LogP) is 12.5. The molecule has 2 aromatic rings. The van der Waals surface area contributed by atoms with E-state index in [2.05, 4.69) is 0 Å². The van der Waals surface area contributed by atoms with Crippen LogP contribution in [-0.2, 0) is 0 Å². The summed E-state index contributed by atoms with van der Waals surface area (Å²) >= 11 is 0. The molecule has 0 bridgehead atoms. The maximum absolute atomic E-state index is 5.77. The van der Waals surface area contributed by atoms with Crippen LogP contribution in [0.2, 0.25) is 0 Å². The van der Waals surface area contributed by atoms with Crippen molar-refractivity contribution in [3.05, 3.63) is 60.7 Å². The minimum absolute atomic E-state index is 0.859. The smallest absolute Gasteiger partial charge is 0.119 e. The van der Waals surface area contributed by atoms with Gasteiger partial charge in [-0.15, -0.1) is 0 Å². The lowest BCUT2D eigenvalue weighted by Gasteiger charge is -2.06. The average Bonchev–Trinajstić information content (AvgIpc) is 2.99. The number of benzene rings is 2. The number of para-hydroxylation sites is 2. The Hall–Kier alpha value is -1.96. The molecule has 0 atom stereocenters. The number of hydrogen-bond acceptors (Lipinski definition) is 2. The largest absolute Gasteiger partial charge is 0.494 e. The highest BCUT2D eigenvalue weighted by Gasteiger charge is 1.97. The molecule has 0 aliphatic heterocycles. The first kappa shape index (κ1) is 34.2. The minimum atomic E-state index is 0.859. The van der Waals surface area contributed by atoms with Crippen molar-refractivity contribution >= 4 is 0 Å². The lowest BCUT2D eigenvalue weighted by atomic mass is 10.0. The Labute approximate surface area is 248 Å². The lowest BCUT2D eigenvalue weighted by Crippen LogP contribution is -1.96. The molecule has 0 amide bonds. The third kappa shape index (κ3) is 21.8. The normalized spacial score (nSPS) is 11.1. The van der Waals surface area contributed by atoms with E-state index in [1.54, 1.807) is 0 Å².